The van der Waals surface area contributed by atoms with Crippen molar-refractivity contribution in [3.05, 3.63) is 94.0 Å². The minimum absolute atomic E-state index is 0.187. The highest BCUT2D eigenvalue weighted by atomic mass is 32.1. The summed E-state index contributed by atoms with van der Waals surface area (Å²) >= 11 is 4.98. The molecule has 0 bridgehead atoms. The van der Waals surface area contributed by atoms with Crippen molar-refractivity contribution in [2.75, 3.05) is 5.32 Å². The number of aromatic amines is 1. The molecule has 4 aromatic rings. The summed E-state index contributed by atoms with van der Waals surface area (Å²) in [5, 5.41) is 6.57. The first kappa shape index (κ1) is 18.5. The summed E-state index contributed by atoms with van der Waals surface area (Å²) in [5.74, 6) is 1.60. The van der Waals surface area contributed by atoms with Crippen LogP contribution in [-0.2, 0) is 6.42 Å². The van der Waals surface area contributed by atoms with E-state index in [1.807, 2.05) is 12.1 Å². The molecular formula is C25H22N4OS. The van der Waals surface area contributed by atoms with E-state index in [0.717, 1.165) is 23.7 Å². The maximum atomic E-state index is 5.08. The van der Waals surface area contributed by atoms with Crippen molar-refractivity contribution in [2.24, 2.45) is 0 Å². The van der Waals surface area contributed by atoms with Crippen LogP contribution >= 0.6 is 12.2 Å². The van der Waals surface area contributed by atoms with Crippen LogP contribution in [0.5, 0.6) is 0 Å². The molecule has 31 heavy (non-hydrogen) atoms. The largest absolute Gasteiger partial charge is 0.377 e. The highest BCUT2D eigenvalue weighted by Crippen LogP contribution is 2.48. The van der Waals surface area contributed by atoms with Gasteiger partial charge in [0.2, 0.25) is 0 Å². The van der Waals surface area contributed by atoms with Gasteiger partial charge in [0, 0.05) is 17.3 Å². The molecule has 0 radical (unpaired) electrons. The fourth-order valence-corrected chi connectivity index (χ4v) is 4.77. The van der Waals surface area contributed by atoms with Crippen LogP contribution in [0, 0.1) is 4.84 Å². The third-order valence-electron chi connectivity index (χ3n) is 6.31. The quantitative estimate of drug-likeness (QED) is 0.374. The Bertz CT molecular complexity index is 1290. The number of hydrogen-bond donors (Lipinski definition) is 2. The van der Waals surface area contributed by atoms with Crippen molar-refractivity contribution in [1.82, 2.24) is 15.1 Å². The van der Waals surface area contributed by atoms with E-state index in [4.69, 9.17) is 21.7 Å². The summed E-state index contributed by atoms with van der Waals surface area (Å²) in [5.41, 5.74) is 7.15. The Labute approximate surface area is 185 Å². The van der Waals surface area contributed by atoms with Gasteiger partial charge in [-0.15, -0.1) is 0 Å². The van der Waals surface area contributed by atoms with Crippen LogP contribution in [0.25, 0.3) is 11.5 Å². The molecule has 154 valence electrons. The van der Waals surface area contributed by atoms with Crippen LogP contribution in [0.4, 0.5) is 5.69 Å². The molecule has 0 amide bonds. The SMILES string of the molecule is S=c1nc(-c2cccc(CC3c4ccc(C5CC5)cc4NC3c3ccccc3)n2)[nH]o1. The van der Waals surface area contributed by atoms with Gasteiger partial charge in [-0.25, -0.2) is 4.98 Å². The van der Waals surface area contributed by atoms with Gasteiger partial charge in [-0.05, 0) is 72.3 Å². The highest BCUT2D eigenvalue weighted by Gasteiger charge is 2.35. The Morgan fingerprint density at radius 1 is 0.935 bits per heavy atom. The topological polar surface area (TPSA) is 66.7 Å². The molecule has 2 N–H and O–H groups in total. The van der Waals surface area contributed by atoms with Crippen molar-refractivity contribution in [2.45, 2.75) is 37.1 Å². The second kappa shape index (κ2) is 7.46. The lowest BCUT2D eigenvalue weighted by atomic mass is 9.86. The van der Waals surface area contributed by atoms with Gasteiger partial charge in [-0.3, -0.25) is 0 Å². The van der Waals surface area contributed by atoms with E-state index >= 15 is 0 Å². The number of nitrogens with zero attached hydrogens (tertiary/aromatic N) is 2. The summed E-state index contributed by atoms with van der Waals surface area (Å²) in [4.78, 5) is 9.24. The zero-order valence-electron chi connectivity index (χ0n) is 16.9. The van der Waals surface area contributed by atoms with Crippen LogP contribution in [0.3, 0.4) is 0 Å². The van der Waals surface area contributed by atoms with Crippen molar-refractivity contribution >= 4 is 17.9 Å². The standard InChI is InChI=1S/C25H22N4OS/c31-25-28-24(29-30-25)21-8-4-7-18(26-21)14-20-19-12-11-17(15-9-10-15)13-22(19)27-23(20)16-5-2-1-3-6-16/h1-8,11-13,15,20,23,27H,9-10,14H2,(H,28,29,31). The molecule has 0 spiro atoms. The minimum Gasteiger partial charge on any atom is -0.377 e. The van der Waals surface area contributed by atoms with Crippen LogP contribution < -0.4 is 5.32 Å². The van der Waals surface area contributed by atoms with Crippen LogP contribution in [0.2, 0.25) is 0 Å². The first-order valence-electron chi connectivity index (χ1n) is 10.7. The zero-order valence-corrected chi connectivity index (χ0v) is 17.7. The number of anilines is 1. The molecular weight excluding hydrogens is 404 g/mol. The van der Waals surface area contributed by atoms with Gasteiger partial charge in [0.15, 0.2) is 5.82 Å². The highest BCUT2D eigenvalue weighted by molar-refractivity contribution is 7.71. The van der Waals surface area contributed by atoms with Crippen LogP contribution in [0.1, 0.15) is 53.1 Å². The molecule has 1 aliphatic heterocycles. The van der Waals surface area contributed by atoms with E-state index in [1.54, 1.807) is 0 Å². The summed E-state index contributed by atoms with van der Waals surface area (Å²) in [7, 11) is 0. The van der Waals surface area contributed by atoms with E-state index in [1.165, 1.54) is 35.2 Å². The second-order valence-corrected chi connectivity index (χ2v) is 8.76. The van der Waals surface area contributed by atoms with E-state index in [9.17, 15) is 0 Å². The molecule has 1 aliphatic carbocycles. The first-order chi connectivity index (χ1) is 15.2. The molecule has 6 rings (SSSR count). The third-order valence-corrected chi connectivity index (χ3v) is 6.49. The van der Waals surface area contributed by atoms with E-state index in [-0.39, 0.29) is 10.9 Å². The first-order valence-corrected chi connectivity index (χ1v) is 11.1. The lowest BCUT2D eigenvalue weighted by molar-refractivity contribution is 0.406. The maximum absolute atomic E-state index is 5.08. The van der Waals surface area contributed by atoms with E-state index < -0.39 is 0 Å². The van der Waals surface area contributed by atoms with E-state index in [2.05, 4.69) is 70.1 Å². The van der Waals surface area contributed by atoms with Crippen LogP contribution in [0.15, 0.2) is 71.3 Å². The average Bonchev–Trinajstić information content (AvgIpc) is 3.48. The molecule has 2 aromatic heterocycles. The minimum atomic E-state index is 0.187. The molecule has 2 aromatic carbocycles. The fraction of sp³-hybridized carbons (Fsp3) is 0.240. The lowest BCUT2D eigenvalue weighted by Crippen LogP contribution is -2.14. The maximum Gasteiger partial charge on any atom is 0.314 e. The van der Waals surface area contributed by atoms with E-state index in [0.29, 0.717) is 11.7 Å². The molecule has 2 atom stereocenters. The lowest BCUT2D eigenvalue weighted by Gasteiger charge is -2.21. The predicted octanol–water partition coefficient (Wildman–Crippen LogP) is 6.16. The Kier molecular flexibility index (Phi) is 4.46. The summed E-state index contributed by atoms with van der Waals surface area (Å²) in [6, 6.07) is 23.9. The molecule has 1 fully saturated rings. The van der Waals surface area contributed by atoms with Gasteiger partial charge < -0.3 is 9.84 Å². The van der Waals surface area contributed by atoms with Crippen molar-refractivity contribution in [3.63, 3.8) is 0 Å². The van der Waals surface area contributed by atoms with Crippen molar-refractivity contribution in [3.8, 4) is 11.5 Å². The Hall–Kier alpha value is -3.25. The summed E-state index contributed by atoms with van der Waals surface area (Å²) in [6.07, 6.45) is 3.45. The van der Waals surface area contributed by atoms with Crippen molar-refractivity contribution < 1.29 is 4.52 Å². The Morgan fingerprint density at radius 2 is 1.81 bits per heavy atom. The Balaban J connectivity index is 1.37. The zero-order chi connectivity index (χ0) is 20.8. The fourth-order valence-electron chi connectivity index (χ4n) is 4.63. The number of H-pyrrole nitrogens is 1. The van der Waals surface area contributed by atoms with Gasteiger partial charge in [-0.1, -0.05) is 48.5 Å². The Morgan fingerprint density at radius 3 is 2.58 bits per heavy atom. The van der Waals surface area contributed by atoms with Gasteiger partial charge in [0.25, 0.3) is 0 Å². The molecule has 6 heteroatoms. The normalized spacial score (nSPS) is 19.7. The number of aromatic nitrogens is 3. The third kappa shape index (κ3) is 3.57. The molecule has 3 heterocycles. The number of rotatable bonds is 5. The predicted molar refractivity (Wildman–Crippen MR) is 123 cm³/mol. The molecule has 2 aliphatic rings. The number of hydrogen-bond acceptors (Lipinski definition) is 5. The summed E-state index contributed by atoms with van der Waals surface area (Å²) < 4.78 is 5.08. The number of nitrogens with one attached hydrogen (secondary N) is 2. The second-order valence-electron chi connectivity index (χ2n) is 8.41. The van der Waals surface area contributed by atoms with Gasteiger partial charge in [0.1, 0.15) is 5.69 Å². The van der Waals surface area contributed by atoms with Gasteiger partial charge in [0.05, 0.1) is 6.04 Å². The molecule has 2 unspecified atom stereocenters. The van der Waals surface area contributed by atoms with Crippen molar-refractivity contribution in [1.29, 1.82) is 0 Å². The number of benzene rings is 2. The molecule has 5 nitrogen and oxygen atoms in total. The smallest absolute Gasteiger partial charge is 0.314 e. The monoisotopic (exact) mass is 426 g/mol. The molecule has 1 saturated carbocycles. The van der Waals surface area contributed by atoms with Crippen LogP contribution in [-0.4, -0.2) is 15.1 Å². The van der Waals surface area contributed by atoms with Gasteiger partial charge in [-0.2, -0.15) is 10.1 Å². The summed E-state index contributed by atoms with van der Waals surface area (Å²) in [6.45, 7) is 0. The van der Waals surface area contributed by atoms with Gasteiger partial charge >= 0.3 is 4.84 Å². The average molecular weight is 427 g/mol. The number of fused-ring (bicyclic) bond motifs is 1. The number of pyridine rings is 1. The molecule has 0 saturated heterocycles.